The van der Waals surface area contributed by atoms with E-state index in [0.717, 1.165) is 11.1 Å². The van der Waals surface area contributed by atoms with Crippen LogP contribution >= 0.6 is 22.7 Å². The van der Waals surface area contributed by atoms with Gasteiger partial charge in [-0.15, -0.1) is 0 Å². The predicted octanol–water partition coefficient (Wildman–Crippen LogP) is 3.23. The minimum atomic E-state index is -0.770. The van der Waals surface area contributed by atoms with Crippen LogP contribution in [-0.2, 0) is 27.2 Å². The Labute approximate surface area is 125 Å². The lowest BCUT2D eigenvalue weighted by Crippen LogP contribution is -2.06. The molecule has 0 spiro atoms. The summed E-state index contributed by atoms with van der Waals surface area (Å²) in [4.78, 5) is 21.0. The van der Waals surface area contributed by atoms with Crippen LogP contribution in [0.5, 0.6) is 0 Å². The van der Waals surface area contributed by atoms with E-state index >= 15 is 0 Å². The number of carbonyl (C=O) groups is 2. The summed E-state index contributed by atoms with van der Waals surface area (Å²) in [5, 5.41) is 15.9. The molecule has 0 radical (unpaired) electrons. The zero-order chi connectivity index (χ0) is 14.8. The van der Waals surface area contributed by atoms with Crippen molar-refractivity contribution < 1.29 is 19.4 Å². The van der Waals surface area contributed by atoms with Gasteiger partial charge in [0.25, 0.3) is 0 Å². The number of rotatable bonds is 5. The summed E-state index contributed by atoms with van der Waals surface area (Å²) >= 11 is 3.11. The normalized spacial score (nSPS) is 9.45. The second-order valence-electron chi connectivity index (χ2n) is 3.82. The third kappa shape index (κ3) is 7.06. The van der Waals surface area contributed by atoms with Crippen molar-refractivity contribution in [3.05, 3.63) is 44.8 Å². The summed E-state index contributed by atoms with van der Waals surface area (Å²) in [6.07, 6.45) is 0.542. The zero-order valence-electron chi connectivity index (χ0n) is 11.1. The van der Waals surface area contributed by atoms with Gasteiger partial charge in [0.15, 0.2) is 0 Å². The number of ether oxygens (including phenoxy) is 1. The van der Waals surface area contributed by atoms with Crippen molar-refractivity contribution in [1.29, 1.82) is 0 Å². The molecule has 0 atom stereocenters. The van der Waals surface area contributed by atoms with Gasteiger partial charge in [-0.1, -0.05) is 0 Å². The van der Waals surface area contributed by atoms with Crippen molar-refractivity contribution in [3.8, 4) is 0 Å². The van der Waals surface area contributed by atoms with E-state index in [1.165, 1.54) is 11.3 Å². The summed E-state index contributed by atoms with van der Waals surface area (Å²) in [6, 6.07) is 3.75. The van der Waals surface area contributed by atoms with Crippen LogP contribution < -0.4 is 0 Å². The van der Waals surface area contributed by atoms with Gasteiger partial charge in [-0.3, -0.25) is 9.59 Å². The summed E-state index contributed by atoms with van der Waals surface area (Å²) in [5.74, 6) is -0.917. The molecule has 2 aromatic rings. The van der Waals surface area contributed by atoms with E-state index in [1.54, 1.807) is 11.3 Å². The molecule has 0 amide bonds. The first-order valence-corrected chi connectivity index (χ1v) is 7.90. The summed E-state index contributed by atoms with van der Waals surface area (Å²) in [7, 11) is 0. The van der Waals surface area contributed by atoms with Crippen molar-refractivity contribution in [2.24, 2.45) is 0 Å². The lowest BCUT2D eigenvalue weighted by Gasteiger charge is -1.97. The Hall–Kier alpha value is -1.66. The highest BCUT2D eigenvalue weighted by Gasteiger charge is 2.02. The molecular weight excluding hydrogens is 296 g/mol. The Morgan fingerprint density at radius 3 is 2.05 bits per heavy atom. The third-order valence-electron chi connectivity index (χ3n) is 2.17. The van der Waals surface area contributed by atoms with E-state index in [-0.39, 0.29) is 12.4 Å². The fourth-order valence-electron chi connectivity index (χ4n) is 1.34. The molecule has 0 saturated carbocycles. The molecule has 0 aliphatic heterocycles. The average molecular weight is 312 g/mol. The second-order valence-corrected chi connectivity index (χ2v) is 5.38. The summed E-state index contributed by atoms with van der Waals surface area (Å²) < 4.78 is 4.78. The van der Waals surface area contributed by atoms with Gasteiger partial charge >= 0.3 is 11.9 Å². The van der Waals surface area contributed by atoms with E-state index in [9.17, 15) is 9.59 Å². The number of hydrogen-bond donors (Lipinski definition) is 1. The molecule has 4 nitrogen and oxygen atoms in total. The van der Waals surface area contributed by atoms with Gasteiger partial charge in [-0.05, 0) is 51.7 Å². The van der Waals surface area contributed by atoms with Crippen molar-refractivity contribution in [1.82, 2.24) is 0 Å². The van der Waals surface area contributed by atoms with Crippen LogP contribution in [0.1, 0.15) is 18.1 Å². The number of esters is 1. The van der Waals surface area contributed by atoms with Crippen molar-refractivity contribution in [3.63, 3.8) is 0 Å². The maximum atomic E-state index is 10.9. The second kappa shape index (κ2) is 9.28. The number of thiophene rings is 2. The van der Waals surface area contributed by atoms with E-state index in [1.807, 2.05) is 40.6 Å². The van der Waals surface area contributed by atoms with E-state index < -0.39 is 5.97 Å². The Morgan fingerprint density at radius 1 is 1.10 bits per heavy atom. The number of carboxylic acid groups (broad SMARTS) is 1. The molecule has 20 heavy (non-hydrogen) atoms. The van der Waals surface area contributed by atoms with E-state index in [2.05, 4.69) is 0 Å². The smallest absolute Gasteiger partial charge is 0.310 e. The zero-order valence-corrected chi connectivity index (χ0v) is 12.7. The molecule has 6 heteroatoms. The Bertz CT molecular complexity index is 503. The Balaban J connectivity index is 0.000000204. The van der Waals surface area contributed by atoms with Gasteiger partial charge in [0, 0.05) is 0 Å². The minimum Gasteiger partial charge on any atom is -0.481 e. The molecule has 2 rings (SSSR count). The quantitative estimate of drug-likeness (QED) is 0.861. The van der Waals surface area contributed by atoms with Crippen LogP contribution in [0.15, 0.2) is 33.7 Å². The van der Waals surface area contributed by atoms with E-state index in [4.69, 9.17) is 9.84 Å². The SMILES string of the molecule is CCOC(=O)Cc1ccsc1.O=C(O)Cc1ccsc1. The predicted molar refractivity (Wildman–Crippen MR) is 80.3 cm³/mol. The van der Waals surface area contributed by atoms with Crippen molar-refractivity contribution in [2.75, 3.05) is 6.61 Å². The molecule has 1 N–H and O–H groups in total. The molecule has 0 saturated heterocycles. The Morgan fingerprint density at radius 2 is 1.65 bits per heavy atom. The largest absolute Gasteiger partial charge is 0.481 e. The van der Waals surface area contributed by atoms with Crippen LogP contribution in [-0.4, -0.2) is 23.7 Å². The fraction of sp³-hybridized carbons (Fsp3) is 0.286. The average Bonchev–Trinajstić information content (AvgIpc) is 3.03. The monoisotopic (exact) mass is 312 g/mol. The maximum absolute atomic E-state index is 10.9. The summed E-state index contributed by atoms with van der Waals surface area (Å²) in [5.41, 5.74) is 1.92. The van der Waals surface area contributed by atoms with Gasteiger partial charge in [-0.25, -0.2) is 0 Å². The molecule has 0 fully saturated rings. The molecule has 0 bridgehead atoms. The molecule has 2 heterocycles. The highest BCUT2D eigenvalue weighted by Crippen LogP contribution is 2.07. The van der Waals surface area contributed by atoms with Crippen LogP contribution in [0.3, 0.4) is 0 Å². The van der Waals surface area contributed by atoms with Gasteiger partial charge in [0.05, 0.1) is 19.4 Å². The van der Waals surface area contributed by atoms with Crippen molar-refractivity contribution in [2.45, 2.75) is 19.8 Å². The summed E-state index contributed by atoms with van der Waals surface area (Å²) in [6.45, 7) is 2.27. The molecule has 108 valence electrons. The number of hydrogen-bond acceptors (Lipinski definition) is 5. The maximum Gasteiger partial charge on any atom is 0.310 e. The lowest BCUT2D eigenvalue weighted by atomic mass is 10.2. The molecular formula is C14H16O4S2. The molecule has 0 aliphatic carbocycles. The van der Waals surface area contributed by atoms with Crippen LogP contribution in [0.25, 0.3) is 0 Å². The number of carbonyl (C=O) groups excluding carboxylic acids is 1. The third-order valence-corrected chi connectivity index (χ3v) is 3.63. The van der Waals surface area contributed by atoms with Crippen LogP contribution in [0.2, 0.25) is 0 Å². The number of carboxylic acids is 1. The van der Waals surface area contributed by atoms with Gasteiger partial charge in [0.1, 0.15) is 0 Å². The first-order chi connectivity index (χ1) is 9.61. The minimum absolute atomic E-state index is 0.142. The van der Waals surface area contributed by atoms with Crippen LogP contribution in [0, 0.1) is 0 Å². The lowest BCUT2D eigenvalue weighted by molar-refractivity contribution is -0.142. The molecule has 0 aromatic carbocycles. The molecule has 0 aliphatic rings. The highest BCUT2D eigenvalue weighted by atomic mass is 32.1. The molecule has 2 aromatic heterocycles. The van der Waals surface area contributed by atoms with Gasteiger partial charge < -0.3 is 9.84 Å². The standard InChI is InChI=1S/C8H10O2S.C6H6O2S/c1-2-10-8(9)5-7-3-4-11-6-7;7-6(8)3-5-1-2-9-4-5/h3-4,6H,2,5H2,1H3;1-2,4H,3H2,(H,7,8). The van der Waals surface area contributed by atoms with Gasteiger partial charge in [0.2, 0.25) is 0 Å². The number of aliphatic carboxylic acids is 1. The molecule has 0 unspecified atom stereocenters. The van der Waals surface area contributed by atoms with Crippen LogP contribution in [0.4, 0.5) is 0 Å². The van der Waals surface area contributed by atoms with E-state index in [0.29, 0.717) is 13.0 Å². The Kier molecular flexibility index (Phi) is 7.60. The first kappa shape index (κ1) is 16.4. The van der Waals surface area contributed by atoms with Crippen molar-refractivity contribution >= 4 is 34.6 Å². The first-order valence-electron chi connectivity index (χ1n) is 6.01. The highest BCUT2D eigenvalue weighted by molar-refractivity contribution is 7.08. The fourth-order valence-corrected chi connectivity index (χ4v) is 2.68. The van der Waals surface area contributed by atoms with Gasteiger partial charge in [-0.2, -0.15) is 22.7 Å². The topological polar surface area (TPSA) is 63.6 Å².